The van der Waals surface area contributed by atoms with E-state index in [2.05, 4.69) is 20.1 Å². The minimum atomic E-state index is -0.0974. The van der Waals surface area contributed by atoms with Crippen LogP contribution >= 0.6 is 0 Å². The molecule has 2 aromatic rings. The molecule has 1 N–H and O–H groups in total. The van der Waals surface area contributed by atoms with Crippen molar-refractivity contribution < 1.29 is 9.32 Å². The predicted molar refractivity (Wildman–Crippen MR) is 65.3 cm³/mol. The fourth-order valence-electron chi connectivity index (χ4n) is 2.35. The van der Waals surface area contributed by atoms with Gasteiger partial charge >= 0.3 is 0 Å². The number of aromatic amines is 1. The van der Waals surface area contributed by atoms with E-state index in [1.54, 1.807) is 4.90 Å². The summed E-state index contributed by atoms with van der Waals surface area (Å²) in [7, 11) is 0. The van der Waals surface area contributed by atoms with Crippen molar-refractivity contribution in [3.63, 3.8) is 0 Å². The van der Waals surface area contributed by atoms with Gasteiger partial charge in [0.25, 0.3) is 5.91 Å². The lowest BCUT2D eigenvalue weighted by Crippen LogP contribution is -2.31. The Balaban J connectivity index is 1.83. The fourth-order valence-corrected chi connectivity index (χ4v) is 2.35. The van der Waals surface area contributed by atoms with E-state index >= 15 is 0 Å². The molecule has 1 aliphatic heterocycles. The zero-order valence-electron chi connectivity index (χ0n) is 10.7. The number of nitrogens with one attached hydrogen (secondary N) is 1. The van der Waals surface area contributed by atoms with Crippen LogP contribution in [0.25, 0.3) is 0 Å². The maximum absolute atomic E-state index is 12.3. The number of carbonyl (C=O) groups is 1. The Labute approximate surface area is 110 Å². The van der Waals surface area contributed by atoms with Crippen molar-refractivity contribution in [3.05, 3.63) is 29.9 Å². The summed E-state index contributed by atoms with van der Waals surface area (Å²) in [5, 5.41) is 3.98. The van der Waals surface area contributed by atoms with Crippen LogP contribution in [0.3, 0.4) is 0 Å². The van der Waals surface area contributed by atoms with Crippen molar-refractivity contribution in [3.8, 4) is 0 Å². The van der Waals surface area contributed by atoms with E-state index in [0.29, 0.717) is 30.4 Å². The molecule has 1 aliphatic rings. The van der Waals surface area contributed by atoms with Crippen LogP contribution < -0.4 is 0 Å². The zero-order valence-corrected chi connectivity index (χ0v) is 10.7. The van der Waals surface area contributed by atoms with Crippen LogP contribution in [0.4, 0.5) is 0 Å². The van der Waals surface area contributed by atoms with Crippen LogP contribution in [0.2, 0.25) is 0 Å². The Morgan fingerprint density at radius 3 is 3.21 bits per heavy atom. The van der Waals surface area contributed by atoms with Gasteiger partial charge in [0.15, 0.2) is 5.82 Å². The van der Waals surface area contributed by atoms with Crippen LogP contribution in [0.15, 0.2) is 17.0 Å². The molecule has 7 heteroatoms. The molecule has 1 fully saturated rings. The number of carbonyl (C=O) groups excluding carboxylic acids is 1. The number of amides is 1. The van der Waals surface area contributed by atoms with Gasteiger partial charge in [0.2, 0.25) is 5.89 Å². The number of rotatable bonds is 3. The molecule has 7 nitrogen and oxygen atoms in total. The smallest absolute Gasteiger partial charge is 0.272 e. The summed E-state index contributed by atoms with van der Waals surface area (Å²) in [6.45, 7) is 2.66. The Hall–Kier alpha value is -2.18. The van der Waals surface area contributed by atoms with Crippen molar-refractivity contribution in [1.29, 1.82) is 0 Å². The van der Waals surface area contributed by atoms with Crippen molar-refractivity contribution in [2.24, 2.45) is 0 Å². The van der Waals surface area contributed by atoms with Crippen LogP contribution in [0.5, 0.6) is 0 Å². The van der Waals surface area contributed by atoms with E-state index in [9.17, 15) is 4.79 Å². The molecule has 19 heavy (non-hydrogen) atoms. The molecule has 3 heterocycles. The molecule has 0 radical (unpaired) electrons. The van der Waals surface area contributed by atoms with E-state index in [1.807, 2.05) is 6.92 Å². The van der Waals surface area contributed by atoms with E-state index in [4.69, 9.17) is 4.52 Å². The maximum atomic E-state index is 12.3. The van der Waals surface area contributed by atoms with Gasteiger partial charge in [0, 0.05) is 13.0 Å². The van der Waals surface area contributed by atoms with Gasteiger partial charge in [-0.25, -0.2) is 4.98 Å². The number of aryl methyl sites for hydroxylation is 1. The normalized spacial score (nSPS) is 19.0. The first-order chi connectivity index (χ1) is 9.29. The van der Waals surface area contributed by atoms with Crippen LogP contribution in [-0.4, -0.2) is 37.5 Å². The number of nitrogens with zero attached hydrogens (tertiary/aromatic N) is 4. The van der Waals surface area contributed by atoms with Gasteiger partial charge < -0.3 is 14.4 Å². The topological polar surface area (TPSA) is 87.9 Å². The zero-order chi connectivity index (χ0) is 13.2. The Morgan fingerprint density at radius 2 is 2.53 bits per heavy atom. The molecule has 1 unspecified atom stereocenters. The van der Waals surface area contributed by atoms with Gasteiger partial charge in [0.1, 0.15) is 5.69 Å². The first-order valence-electron chi connectivity index (χ1n) is 6.41. The van der Waals surface area contributed by atoms with Crippen molar-refractivity contribution in [2.45, 2.75) is 32.2 Å². The average Bonchev–Trinajstić information content (AvgIpc) is 3.16. The van der Waals surface area contributed by atoms with Gasteiger partial charge in [-0.2, -0.15) is 4.98 Å². The molecular weight excluding hydrogens is 246 g/mol. The summed E-state index contributed by atoms with van der Waals surface area (Å²) in [6.07, 6.45) is 5.55. The van der Waals surface area contributed by atoms with E-state index in [-0.39, 0.29) is 11.9 Å². The highest BCUT2D eigenvalue weighted by atomic mass is 16.5. The molecular formula is C12H15N5O2. The molecule has 1 atom stereocenters. The Bertz CT molecular complexity index is 562. The summed E-state index contributed by atoms with van der Waals surface area (Å²) < 4.78 is 5.13. The fraction of sp³-hybridized carbons (Fsp3) is 0.500. The molecule has 0 spiro atoms. The van der Waals surface area contributed by atoms with Gasteiger partial charge in [-0.3, -0.25) is 4.79 Å². The second kappa shape index (κ2) is 4.83. The lowest BCUT2D eigenvalue weighted by molar-refractivity contribution is 0.0723. The van der Waals surface area contributed by atoms with E-state index < -0.39 is 0 Å². The van der Waals surface area contributed by atoms with Crippen molar-refractivity contribution in [1.82, 2.24) is 25.0 Å². The summed E-state index contributed by atoms with van der Waals surface area (Å²) in [5.74, 6) is 1.14. The second-order valence-electron chi connectivity index (χ2n) is 4.52. The first-order valence-corrected chi connectivity index (χ1v) is 6.41. The lowest BCUT2D eigenvalue weighted by Gasteiger charge is -2.21. The Morgan fingerprint density at radius 1 is 1.63 bits per heavy atom. The van der Waals surface area contributed by atoms with Crippen LogP contribution in [0, 0.1) is 0 Å². The summed E-state index contributed by atoms with van der Waals surface area (Å²) in [4.78, 5) is 25.2. The van der Waals surface area contributed by atoms with Crippen molar-refractivity contribution in [2.75, 3.05) is 6.54 Å². The third-order valence-electron chi connectivity index (χ3n) is 3.33. The van der Waals surface area contributed by atoms with Gasteiger partial charge in [-0.05, 0) is 12.8 Å². The quantitative estimate of drug-likeness (QED) is 0.900. The molecule has 1 saturated heterocycles. The van der Waals surface area contributed by atoms with Gasteiger partial charge in [-0.1, -0.05) is 12.1 Å². The summed E-state index contributed by atoms with van der Waals surface area (Å²) >= 11 is 0. The lowest BCUT2D eigenvalue weighted by atomic mass is 10.2. The molecule has 3 rings (SSSR count). The molecule has 100 valence electrons. The number of H-pyrrole nitrogens is 1. The monoisotopic (exact) mass is 261 g/mol. The third-order valence-corrected chi connectivity index (χ3v) is 3.33. The molecule has 1 amide bonds. The number of hydrogen-bond donors (Lipinski definition) is 1. The largest absolute Gasteiger partial charge is 0.341 e. The SMILES string of the molecule is CCc1nc(C2CCCN2C(=O)c2cnc[nH]2)no1. The number of aromatic nitrogens is 4. The minimum Gasteiger partial charge on any atom is -0.341 e. The van der Waals surface area contributed by atoms with E-state index in [1.165, 1.54) is 12.5 Å². The third kappa shape index (κ3) is 2.11. The molecule has 0 aromatic carbocycles. The second-order valence-corrected chi connectivity index (χ2v) is 4.52. The molecule has 0 saturated carbocycles. The average molecular weight is 261 g/mol. The number of hydrogen-bond acceptors (Lipinski definition) is 5. The van der Waals surface area contributed by atoms with Gasteiger partial charge in [-0.15, -0.1) is 0 Å². The molecule has 0 aliphatic carbocycles. The number of likely N-dealkylation sites (tertiary alicyclic amines) is 1. The standard InChI is InChI=1S/C12H15N5O2/c1-2-10-15-11(16-19-10)9-4-3-5-17(9)12(18)8-6-13-7-14-8/h6-7,9H,2-5H2,1H3,(H,13,14). The molecule has 0 bridgehead atoms. The highest BCUT2D eigenvalue weighted by Crippen LogP contribution is 2.31. The highest BCUT2D eigenvalue weighted by molar-refractivity contribution is 5.92. The van der Waals surface area contributed by atoms with Gasteiger partial charge in [0.05, 0.1) is 18.6 Å². The predicted octanol–water partition coefficient (Wildman–Crippen LogP) is 1.33. The Kier molecular flexibility index (Phi) is 3.02. The maximum Gasteiger partial charge on any atom is 0.272 e. The minimum absolute atomic E-state index is 0.0668. The molecule has 2 aromatic heterocycles. The van der Waals surface area contributed by atoms with Crippen molar-refractivity contribution >= 4 is 5.91 Å². The summed E-state index contributed by atoms with van der Waals surface area (Å²) in [5.41, 5.74) is 0.492. The number of imidazole rings is 1. The van der Waals surface area contributed by atoms with Crippen LogP contribution in [-0.2, 0) is 6.42 Å². The first kappa shape index (κ1) is 11.9. The highest BCUT2D eigenvalue weighted by Gasteiger charge is 2.34. The van der Waals surface area contributed by atoms with Crippen LogP contribution in [0.1, 0.15) is 48.0 Å². The van der Waals surface area contributed by atoms with E-state index in [0.717, 1.165) is 12.8 Å². The summed E-state index contributed by atoms with van der Waals surface area (Å²) in [6, 6.07) is -0.0974.